The maximum atomic E-state index is 12.9. The maximum Gasteiger partial charge on any atom is 0.336 e. The lowest BCUT2D eigenvalue weighted by Gasteiger charge is -2.36. The maximum absolute atomic E-state index is 12.9. The Morgan fingerprint density at radius 2 is 1.69 bits per heavy atom. The first kappa shape index (κ1) is 20.4. The van der Waals surface area contributed by atoms with E-state index in [1.807, 2.05) is 6.07 Å². The summed E-state index contributed by atoms with van der Waals surface area (Å²) >= 11 is 3.24. The van der Waals surface area contributed by atoms with E-state index in [-0.39, 0.29) is 21.9 Å². The molecule has 0 atom stereocenters. The second kappa shape index (κ2) is 7.37. The fraction of sp³-hybridized carbons (Fsp3) is 0.300. The lowest BCUT2D eigenvalue weighted by Crippen LogP contribution is -2.43. The molecule has 138 valence electrons. The third-order valence-electron chi connectivity index (χ3n) is 4.73. The predicted molar refractivity (Wildman–Crippen MR) is 109 cm³/mol. The summed E-state index contributed by atoms with van der Waals surface area (Å²) in [5.74, 6) is -0.838. The zero-order chi connectivity index (χ0) is 19.7. The van der Waals surface area contributed by atoms with Gasteiger partial charge in [0.25, 0.3) is 0 Å². The van der Waals surface area contributed by atoms with Gasteiger partial charge in [-0.3, -0.25) is 4.79 Å². The number of carbonyl (C=O) groups is 2. The van der Waals surface area contributed by atoms with Crippen LogP contribution in [0, 0.1) is 0 Å². The summed E-state index contributed by atoms with van der Waals surface area (Å²) in [5.41, 5.74) is 0.538. The van der Waals surface area contributed by atoms with Gasteiger partial charge in [-0.2, -0.15) is 0 Å². The lowest BCUT2D eigenvalue weighted by atomic mass is 9.98. The van der Waals surface area contributed by atoms with Crippen LogP contribution in [0.2, 0.25) is 18.1 Å². The molecular weight excluding hydrogens is 412 g/mol. The molecule has 6 heteroatoms. The third kappa shape index (κ3) is 4.43. The third-order valence-corrected chi connectivity index (χ3v) is 9.58. The molecular formula is C20H23BrO4Si. The Labute approximate surface area is 163 Å². The Kier molecular flexibility index (Phi) is 5.78. The van der Waals surface area contributed by atoms with Crippen molar-refractivity contribution in [1.82, 2.24) is 0 Å². The Morgan fingerprint density at radius 3 is 2.27 bits per heavy atom. The van der Waals surface area contributed by atoms with Crippen LogP contribution in [0.3, 0.4) is 0 Å². The van der Waals surface area contributed by atoms with E-state index in [1.54, 1.807) is 24.3 Å². The number of hydrogen-bond donors (Lipinski definition) is 1. The fourth-order valence-corrected chi connectivity index (χ4v) is 3.58. The average molecular weight is 435 g/mol. The van der Waals surface area contributed by atoms with Crippen LogP contribution < -0.4 is 4.43 Å². The highest BCUT2D eigenvalue weighted by molar-refractivity contribution is 9.10. The van der Waals surface area contributed by atoms with Gasteiger partial charge in [-0.1, -0.05) is 48.8 Å². The van der Waals surface area contributed by atoms with Gasteiger partial charge in [-0.25, -0.2) is 4.79 Å². The van der Waals surface area contributed by atoms with Crippen LogP contribution in [0.1, 0.15) is 47.1 Å². The predicted octanol–water partition coefficient (Wildman–Crippen LogP) is 5.76. The minimum atomic E-state index is -2.03. The zero-order valence-electron chi connectivity index (χ0n) is 15.6. The van der Waals surface area contributed by atoms with Gasteiger partial charge in [0.05, 0.1) is 5.56 Å². The normalized spacial score (nSPS) is 11.9. The molecule has 0 aliphatic rings. The summed E-state index contributed by atoms with van der Waals surface area (Å²) in [6.45, 7) is 10.7. The summed E-state index contributed by atoms with van der Waals surface area (Å²) in [6.07, 6.45) is 0. The van der Waals surface area contributed by atoms with Crippen molar-refractivity contribution in [3.63, 3.8) is 0 Å². The highest BCUT2D eigenvalue weighted by Crippen LogP contribution is 2.37. The molecule has 4 nitrogen and oxygen atoms in total. The topological polar surface area (TPSA) is 63.6 Å². The number of benzene rings is 2. The highest BCUT2D eigenvalue weighted by atomic mass is 79.9. The molecule has 26 heavy (non-hydrogen) atoms. The van der Waals surface area contributed by atoms with Gasteiger partial charge in [-0.05, 0) is 48.5 Å². The van der Waals surface area contributed by atoms with Crippen LogP contribution in [0.5, 0.6) is 5.75 Å². The van der Waals surface area contributed by atoms with Gasteiger partial charge in [0.15, 0.2) is 5.78 Å². The largest absolute Gasteiger partial charge is 0.543 e. The van der Waals surface area contributed by atoms with E-state index >= 15 is 0 Å². The van der Waals surface area contributed by atoms with Crippen molar-refractivity contribution >= 4 is 36.0 Å². The van der Waals surface area contributed by atoms with E-state index in [1.165, 1.54) is 12.1 Å². The summed E-state index contributed by atoms with van der Waals surface area (Å²) in [6, 6.07) is 11.6. The van der Waals surface area contributed by atoms with Crippen LogP contribution in [0.25, 0.3) is 0 Å². The van der Waals surface area contributed by atoms with E-state index in [0.29, 0.717) is 15.8 Å². The number of aromatic carboxylic acids is 1. The molecule has 0 heterocycles. The van der Waals surface area contributed by atoms with Crippen molar-refractivity contribution < 1.29 is 19.1 Å². The van der Waals surface area contributed by atoms with Gasteiger partial charge in [0.2, 0.25) is 8.32 Å². The SMILES string of the molecule is CC(C)(C)[Si](C)(C)Oc1cccc(C(=O)c2ccc(Br)cc2C(=O)O)c1. The Hall–Kier alpha value is -1.92. The van der Waals surface area contributed by atoms with Crippen molar-refractivity contribution in [2.75, 3.05) is 0 Å². The molecule has 2 aromatic rings. The molecule has 0 radical (unpaired) electrons. The molecule has 0 saturated carbocycles. The van der Waals surface area contributed by atoms with E-state index in [0.717, 1.165) is 0 Å². The van der Waals surface area contributed by atoms with Crippen molar-refractivity contribution in [1.29, 1.82) is 0 Å². The highest BCUT2D eigenvalue weighted by Gasteiger charge is 2.39. The minimum Gasteiger partial charge on any atom is -0.543 e. The molecule has 2 aromatic carbocycles. The van der Waals surface area contributed by atoms with E-state index < -0.39 is 14.3 Å². The second-order valence-electron chi connectivity index (χ2n) is 7.71. The summed E-state index contributed by atoms with van der Waals surface area (Å²) in [7, 11) is -2.03. The lowest BCUT2D eigenvalue weighted by molar-refractivity contribution is 0.0692. The molecule has 0 aromatic heterocycles. The number of halogens is 1. The number of carboxylic acids is 1. The molecule has 0 aliphatic heterocycles. The van der Waals surface area contributed by atoms with Gasteiger partial charge in [0, 0.05) is 15.6 Å². The number of rotatable bonds is 5. The summed E-state index contributed by atoms with van der Waals surface area (Å²) < 4.78 is 6.87. The monoisotopic (exact) mass is 434 g/mol. The first-order chi connectivity index (χ1) is 11.9. The van der Waals surface area contributed by atoms with Gasteiger partial charge < -0.3 is 9.53 Å². The molecule has 0 bridgehead atoms. The Bertz CT molecular complexity index is 853. The van der Waals surface area contributed by atoms with Crippen molar-refractivity contribution in [3.05, 3.63) is 63.6 Å². The smallest absolute Gasteiger partial charge is 0.336 e. The first-order valence-corrected chi connectivity index (χ1v) is 12.0. The molecule has 0 spiro atoms. The standard InChI is InChI=1S/C20H23BrO4Si/c1-20(2,3)26(4,5)25-15-8-6-7-13(11-15)18(22)16-10-9-14(21)12-17(16)19(23)24/h6-12H,1-5H3,(H,23,24). The minimum absolute atomic E-state index is 0.0277. The fourth-order valence-electron chi connectivity index (χ4n) is 2.20. The molecule has 1 N–H and O–H groups in total. The van der Waals surface area contributed by atoms with Gasteiger partial charge in [-0.15, -0.1) is 0 Å². The van der Waals surface area contributed by atoms with E-state index in [9.17, 15) is 14.7 Å². The van der Waals surface area contributed by atoms with Crippen LogP contribution in [0.15, 0.2) is 46.9 Å². The summed E-state index contributed by atoms with van der Waals surface area (Å²) in [5, 5.41) is 9.43. The number of hydrogen-bond acceptors (Lipinski definition) is 3. The summed E-state index contributed by atoms with van der Waals surface area (Å²) in [4.78, 5) is 24.4. The van der Waals surface area contributed by atoms with Crippen molar-refractivity contribution in [3.8, 4) is 5.75 Å². The number of carboxylic acid groups (broad SMARTS) is 1. The molecule has 0 fully saturated rings. The number of ketones is 1. The average Bonchev–Trinajstić information content (AvgIpc) is 2.53. The number of carbonyl (C=O) groups excluding carboxylic acids is 1. The van der Waals surface area contributed by atoms with Crippen LogP contribution in [-0.2, 0) is 0 Å². The first-order valence-electron chi connectivity index (χ1n) is 8.29. The Morgan fingerprint density at radius 1 is 1.04 bits per heavy atom. The quantitative estimate of drug-likeness (QED) is 0.479. The van der Waals surface area contributed by atoms with Crippen LogP contribution in [-0.4, -0.2) is 25.2 Å². The molecule has 0 amide bonds. The van der Waals surface area contributed by atoms with Crippen molar-refractivity contribution in [2.45, 2.75) is 38.9 Å². The van der Waals surface area contributed by atoms with Crippen molar-refractivity contribution in [2.24, 2.45) is 0 Å². The van der Waals surface area contributed by atoms with E-state index in [2.05, 4.69) is 49.8 Å². The molecule has 0 saturated heterocycles. The van der Waals surface area contributed by atoms with Gasteiger partial charge >= 0.3 is 5.97 Å². The van der Waals surface area contributed by atoms with Crippen LogP contribution >= 0.6 is 15.9 Å². The molecule has 2 rings (SSSR count). The van der Waals surface area contributed by atoms with E-state index in [4.69, 9.17) is 4.43 Å². The zero-order valence-corrected chi connectivity index (χ0v) is 18.2. The molecule has 0 unspecified atom stereocenters. The molecule has 0 aliphatic carbocycles. The van der Waals surface area contributed by atoms with Gasteiger partial charge in [0.1, 0.15) is 5.75 Å². The Balaban J connectivity index is 2.40. The van der Waals surface area contributed by atoms with Crippen LogP contribution in [0.4, 0.5) is 0 Å². The second-order valence-corrected chi connectivity index (χ2v) is 13.4.